The van der Waals surface area contributed by atoms with Gasteiger partial charge in [0.2, 0.25) is 0 Å². The first-order chi connectivity index (χ1) is 7.27. The third-order valence-corrected chi connectivity index (χ3v) is 3.25. The van der Waals surface area contributed by atoms with Gasteiger partial charge in [0, 0.05) is 6.54 Å². The smallest absolute Gasteiger partial charge is 0.0597 e. The van der Waals surface area contributed by atoms with Crippen molar-refractivity contribution in [2.45, 2.75) is 32.5 Å². The lowest BCUT2D eigenvalue weighted by Crippen LogP contribution is -2.38. The Labute approximate surface area is 104 Å². The molecule has 1 atom stereocenters. The zero-order chi connectivity index (χ0) is 10.7. The monoisotopic (exact) mass is 240 g/mol. The molecule has 1 aliphatic rings. The first kappa shape index (κ1) is 13.5. The van der Waals surface area contributed by atoms with E-state index in [1.807, 2.05) is 0 Å². The minimum atomic E-state index is 0. The summed E-state index contributed by atoms with van der Waals surface area (Å²) in [5.41, 5.74) is 2.83. The molecule has 16 heavy (non-hydrogen) atoms. The van der Waals surface area contributed by atoms with Gasteiger partial charge in [-0.1, -0.05) is 24.3 Å². The summed E-state index contributed by atoms with van der Waals surface area (Å²) in [5, 5.41) is 3.52. The molecule has 1 aliphatic heterocycles. The number of nitrogens with zero attached hydrogens (tertiary/aromatic N) is 1. The molecule has 1 saturated heterocycles. The maximum absolute atomic E-state index is 3.52. The van der Waals surface area contributed by atoms with Crippen LogP contribution in [0.4, 0.5) is 0 Å². The number of halogens is 1. The molecule has 0 amide bonds. The van der Waals surface area contributed by atoms with Gasteiger partial charge in [0.1, 0.15) is 0 Å². The van der Waals surface area contributed by atoms with Crippen molar-refractivity contribution in [2.24, 2.45) is 0 Å². The summed E-state index contributed by atoms with van der Waals surface area (Å²) < 4.78 is 0. The number of rotatable bonds is 3. The highest BCUT2D eigenvalue weighted by atomic mass is 35.5. The van der Waals surface area contributed by atoms with E-state index in [1.165, 1.54) is 30.5 Å². The number of aryl methyl sites for hydroxylation is 1. The highest BCUT2D eigenvalue weighted by Gasteiger charge is 2.18. The average molecular weight is 241 g/mol. The highest BCUT2D eigenvalue weighted by Crippen LogP contribution is 2.14. The van der Waals surface area contributed by atoms with Gasteiger partial charge in [-0.2, -0.15) is 0 Å². The van der Waals surface area contributed by atoms with Gasteiger partial charge in [-0.3, -0.25) is 4.90 Å². The number of hydrogen-bond donors (Lipinski definition) is 1. The van der Waals surface area contributed by atoms with Gasteiger partial charge in [0.25, 0.3) is 0 Å². The van der Waals surface area contributed by atoms with Crippen molar-refractivity contribution >= 4 is 12.4 Å². The van der Waals surface area contributed by atoms with Crippen LogP contribution < -0.4 is 5.32 Å². The summed E-state index contributed by atoms with van der Waals surface area (Å²) in [7, 11) is 2.20. The van der Waals surface area contributed by atoms with Gasteiger partial charge in [-0.15, -0.1) is 12.4 Å². The summed E-state index contributed by atoms with van der Waals surface area (Å²) in [5.74, 6) is 0. The van der Waals surface area contributed by atoms with Crippen molar-refractivity contribution in [3.05, 3.63) is 35.4 Å². The molecular formula is C13H21ClN2. The van der Waals surface area contributed by atoms with Crippen LogP contribution in [0.3, 0.4) is 0 Å². The fraction of sp³-hybridized carbons (Fsp3) is 0.538. The number of nitrogens with one attached hydrogen (secondary N) is 1. The molecule has 1 N–H and O–H groups in total. The fourth-order valence-electron chi connectivity index (χ4n) is 2.21. The second kappa shape index (κ2) is 6.24. The van der Waals surface area contributed by atoms with Crippen molar-refractivity contribution in [2.75, 3.05) is 13.6 Å². The Morgan fingerprint density at radius 2 is 2.12 bits per heavy atom. The topological polar surface area (TPSA) is 15.3 Å². The van der Waals surface area contributed by atoms with E-state index < -0.39 is 0 Å². The molecule has 1 aromatic rings. The van der Waals surface area contributed by atoms with Gasteiger partial charge >= 0.3 is 0 Å². The summed E-state index contributed by atoms with van der Waals surface area (Å²) >= 11 is 0. The Morgan fingerprint density at radius 3 is 2.75 bits per heavy atom. The second-order valence-electron chi connectivity index (χ2n) is 4.45. The Kier molecular flexibility index (Phi) is 5.26. The zero-order valence-corrected chi connectivity index (χ0v) is 10.9. The normalized spacial score (nSPS) is 19.8. The maximum atomic E-state index is 3.52. The van der Waals surface area contributed by atoms with Crippen LogP contribution in [0.15, 0.2) is 24.3 Å². The summed E-state index contributed by atoms with van der Waals surface area (Å²) in [4.78, 5) is 2.41. The molecule has 3 heteroatoms. The summed E-state index contributed by atoms with van der Waals surface area (Å²) in [6, 6.07) is 8.64. The molecule has 1 aromatic carbocycles. The van der Waals surface area contributed by atoms with Crippen molar-refractivity contribution in [3.63, 3.8) is 0 Å². The average Bonchev–Trinajstić information content (AvgIpc) is 2.74. The molecule has 1 unspecified atom stereocenters. The van der Waals surface area contributed by atoms with Crippen molar-refractivity contribution < 1.29 is 0 Å². The van der Waals surface area contributed by atoms with E-state index in [1.54, 1.807) is 0 Å². The molecule has 0 aliphatic carbocycles. The molecule has 0 bridgehead atoms. The number of hydrogen-bond acceptors (Lipinski definition) is 2. The minimum Gasteiger partial charge on any atom is -0.302 e. The third kappa shape index (κ3) is 3.21. The quantitative estimate of drug-likeness (QED) is 0.874. The molecule has 2 nitrogen and oxygen atoms in total. The Hall–Kier alpha value is -0.570. The van der Waals surface area contributed by atoms with E-state index in [0.29, 0.717) is 6.17 Å². The SMILES string of the molecule is Cc1ccccc1CN(C)C1CCCN1.Cl. The molecule has 0 saturated carbocycles. The van der Waals surface area contributed by atoms with Crippen molar-refractivity contribution in [1.82, 2.24) is 10.2 Å². The van der Waals surface area contributed by atoms with E-state index in [2.05, 4.69) is 48.5 Å². The van der Waals surface area contributed by atoms with Crippen molar-refractivity contribution in [3.8, 4) is 0 Å². The van der Waals surface area contributed by atoms with Gasteiger partial charge < -0.3 is 5.32 Å². The molecule has 1 heterocycles. The standard InChI is InChI=1S/C13H20N2.ClH/c1-11-6-3-4-7-12(11)10-15(2)13-8-5-9-14-13;/h3-4,6-7,13-14H,5,8-10H2,1-2H3;1H. The third-order valence-electron chi connectivity index (χ3n) is 3.25. The van der Waals surface area contributed by atoms with Crippen LogP contribution in [-0.2, 0) is 6.54 Å². The Balaban J connectivity index is 0.00000128. The second-order valence-corrected chi connectivity index (χ2v) is 4.45. The lowest BCUT2D eigenvalue weighted by molar-refractivity contribution is 0.217. The van der Waals surface area contributed by atoms with Crippen LogP contribution in [0.25, 0.3) is 0 Å². The largest absolute Gasteiger partial charge is 0.302 e. The molecule has 0 radical (unpaired) electrons. The predicted octanol–water partition coefficient (Wildman–Crippen LogP) is 2.56. The van der Waals surface area contributed by atoms with Crippen LogP contribution in [0.5, 0.6) is 0 Å². The molecule has 1 fully saturated rings. The molecule has 0 spiro atoms. The van der Waals surface area contributed by atoms with Crippen LogP contribution in [-0.4, -0.2) is 24.7 Å². The molecule has 0 aromatic heterocycles. The van der Waals surface area contributed by atoms with E-state index in [0.717, 1.165) is 6.54 Å². The van der Waals surface area contributed by atoms with Crippen LogP contribution in [0.2, 0.25) is 0 Å². The van der Waals surface area contributed by atoms with E-state index in [9.17, 15) is 0 Å². The first-order valence-electron chi connectivity index (χ1n) is 5.75. The zero-order valence-electron chi connectivity index (χ0n) is 10.1. The highest BCUT2D eigenvalue weighted by molar-refractivity contribution is 5.85. The predicted molar refractivity (Wildman–Crippen MR) is 70.9 cm³/mol. The maximum Gasteiger partial charge on any atom is 0.0597 e. The van der Waals surface area contributed by atoms with E-state index in [-0.39, 0.29) is 12.4 Å². The Bertz CT molecular complexity index is 321. The van der Waals surface area contributed by atoms with Crippen LogP contribution in [0.1, 0.15) is 24.0 Å². The van der Waals surface area contributed by atoms with E-state index >= 15 is 0 Å². The molecular weight excluding hydrogens is 220 g/mol. The van der Waals surface area contributed by atoms with Crippen molar-refractivity contribution in [1.29, 1.82) is 0 Å². The lowest BCUT2D eigenvalue weighted by Gasteiger charge is -2.25. The van der Waals surface area contributed by atoms with Gasteiger partial charge in [-0.25, -0.2) is 0 Å². The summed E-state index contributed by atoms with van der Waals surface area (Å²) in [6.45, 7) is 4.40. The summed E-state index contributed by atoms with van der Waals surface area (Å²) in [6.07, 6.45) is 3.16. The van der Waals surface area contributed by atoms with Gasteiger partial charge in [0.15, 0.2) is 0 Å². The Morgan fingerprint density at radius 1 is 1.38 bits per heavy atom. The van der Waals surface area contributed by atoms with Gasteiger partial charge in [0.05, 0.1) is 6.17 Å². The van der Waals surface area contributed by atoms with Crippen LogP contribution in [0, 0.1) is 6.92 Å². The lowest BCUT2D eigenvalue weighted by atomic mass is 10.1. The minimum absolute atomic E-state index is 0. The van der Waals surface area contributed by atoms with Gasteiger partial charge in [-0.05, 0) is 44.5 Å². The van der Waals surface area contributed by atoms with E-state index in [4.69, 9.17) is 0 Å². The fourth-order valence-corrected chi connectivity index (χ4v) is 2.21. The first-order valence-corrected chi connectivity index (χ1v) is 5.75. The number of benzene rings is 1. The molecule has 2 rings (SSSR count). The van der Waals surface area contributed by atoms with Crippen LogP contribution >= 0.6 is 12.4 Å². The molecule has 90 valence electrons.